The molecule has 0 saturated heterocycles. The van der Waals surface area contributed by atoms with Crippen LogP contribution in [0.25, 0.3) is 11.3 Å². The van der Waals surface area contributed by atoms with Gasteiger partial charge in [-0.1, -0.05) is 24.3 Å². The third kappa shape index (κ3) is 5.78. The number of hydrogen-bond donors (Lipinski definition) is 3. The van der Waals surface area contributed by atoms with E-state index in [9.17, 15) is 13.6 Å². The fourth-order valence-electron chi connectivity index (χ4n) is 3.71. The van der Waals surface area contributed by atoms with E-state index in [-0.39, 0.29) is 11.8 Å². The van der Waals surface area contributed by atoms with Crippen molar-refractivity contribution in [2.24, 2.45) is 4.99 Å². The summed E-state index contributed by atoms with van der Waals surface area (Å²) in [6, 6.07) is 21.3. The van der Waals surface area contributed by atoms with E-state index in [1.54, 1.807) is 18.2 Å². The fourth-order valence-corrected chi connectivity index (χ4v) is 3.71. The lowest BCUT2D eigenvalue weighted by molar-refractivity contribution is 0.0977. The zero-order chi connectivity index (χ0) is 24.2. The summed E-state index contributed by atoms with van der Waals surface area (Å²) in [5.74, 6) is 0.0766. The zero-order valence-electron chi connectivity index (χ0n) is 18.8. The molecule has 3 N–H and O–H groups in total. The number of rotatable bonds is 6. The molecule has 0 spiro atoms. The van der Waals surface area contributed by atoms with Crippen LogP contribution in [0, 0.1) is 11.6 Å². The number of guanidine groups is 1. The Labute approximate surface area is 201 Å². The highest BCUT2D eigenvalue weighted by Crippen LogP contribution is 2.40. The van der Waals surface area contributed by atoms with Gasteiger partial charge in [-0.2, -0.15) is 5.10 Å². The number of aliphatic imine (C=N–C) groups is 1. The van der Waals surface area contributed by atoms with Gasteiger partial charge in [0.1, 0.15) is 11.6 Å². The number of hydrogen-bond acceptors (Lipinski definition) is 3. The molecule has 0 radical (unpaired) electrons. The molecule has 35 heavy (non-hydrogen) atoms. The van der Waals surface area contributed by atoms with Crippen LogP contribution < -0.4 is 10.6 Å². The lowest BCUT2D eigenvalue weighted by Crippen LogP contribution is -2.36. The van der Waals surface area contributed by atoms with E-state index in [4.69, 9.17) is 0 Å². The molecule has 1 aliphatic rings. The standard InChI is InChI=1S/C27H23F2N5O/c28-22-10-6-19(7-11-22)24-15-25(34-33-24)31-27(32-26(35)20-8-12-23(29)13-9-20)30-16-17-2-1-3-21(14-17)18-4-5-18/h1-3,6-15,18H,4-5,16H2,(H3,30,31,32,33,34,35). The van der Waals surface area contributed by atoms with E-state index in [1.165, 1.54) is 54.8 Å². The van der Waals surface area contributed by atoms with Crippen LogP contribution in [0.1, 0.15) is 40.2 Å². The quantitative estimate of drug-likeness (QED) is 0.252. The largest absolute Gasteiger partial charge is 0.309 e. The highest BCUT2D eigenvalue weighted by atomic mass is 19.1. The molecule has 1 heterocycles. The maximum atomic E-state index is 13.3. The minimum Gasteiger partial charge on any atom is -0.309 e. The number of benzene rings is 3. The van der Waals surface area contributed by atoms with Crippen LogP contribution in [0.15, 0.2) is 83.9 Å². The van der Waals surface area contributed by atoms with Crippen LogP contribution in [0.2, 0.25) is 0 Å². The summed E-state index contributed by atoms with van der Waals surface area (Å²) in [5, 5.41) is 12.9. The van der Waals surface area contributed by atoms with Gasteiger partial charge in [-0.3, -0.25) is 15.2 Å². The summed E-state index contributed by atoms with van der Waals surface area (Å²) >= 11 is 0. The van der Waals surface area contributed by atoms with Crippen molar-refractivity contribution in [1.82, 2.24) is 15.5 Å². The van der Waals surface area contributed by atoms with Gasteiger partial charge in [0, 0.05) is 11.6 Å². The number of amides is 1. The fraction of sp³-hybridized carbons (Fsp3) is 0.148. The SMILES string of the molecule is O=C(NC(=NCc1cccc(C2CC2)c1)Nc1cc(-c2ccc(F)cc2)[nH]n1)c1ccc(F)cc1. The van der Waals surface area contributed by atoms with Gasteiger partial charge in [-0.15, -0.1) is 0 Å². The van der Waals surface area contributed by atoms with Crippen molar-refractivity contribution < 1.29 is 13.6 Å². The van der Waals surface area contributed by atoms with E-state index in [0.29, 0.717) is 29.5 Å². The van der Waals surface area contributed by atoms with Crippen molar-refractivity contribution in [3.8, 4) is 11.3 Å². The highest BCUT2D eigenvalue weighted by molar-refractivity contribution is 6.09. The van der Waals surface area contributed by atoms with Crippen LogP contribution in [0.5, 0.6) is 0 Å². The molecule has 5 rings (SSSR count). The molecule has 1 aliphatic carbocycles. The average Bonchev–Trinajstić information content (AvgIpc) is 3.62. The first-order chi connectivity index (χ1) is 17.0. The second kappa shape index (κ2) is 9.89. The summed E-state index contributed by atoms with van der Waals surface area (Å²) in [6.07, 6.45) is 2.42. The molecule has 1 fully saturated rings. The third-order valence-electron chi connectivity index (χ3n) is 5.74. The highest BCUT2D eigenvalue weighted by Gasteiger charge is 2.23. The number of anilines is 1. The van der Waals surface area contributed by atoms with Gasteiger partial charge < -0.3 is 5.32 Å². The Balaban J connectivity index is 1.36. The van der Waals surface area contributed by atoms with E-state index < -0.39 is 11.7 Å². The molecular weight excluding hydrogens is 448 g/mol. The molecule has 1 amide bonds. The Kier molecular flexibility index (Phi) is 6.34. The Morgan fingerprint density at radius 2 is 1.69 bits per heavy atom. The van der Waals surface area contributed by atoms with Crippen molar-refractivity contribution >= 4 is 17.7 Å². The molecular formula is C27H23F2N5O. The summed E-state index contributed by atoms with van der Waals surface area (Å²) in [7, 11) is 0. The Bertz CT molecular complexity index is 1360. The number of nitrogens with zero attached hydrogens (tertiary/aromatic N) is 2. The number of nitrogens with one attached hydrogen (secondary N) is 3. The lowest BCUT2D eigenvalue weighted by Gasteiger charge is -2.10. The van der Waals surface area contributed by atoms with Gasteiger partial charge in [-0.25, -0.2) is 13.8 Å². The van der Waals surface area contributed by atoms with Gasteiger partial charge in [0.2, 0.25) is 5.96 Å². The molecule has 176 valence electrons. The Morgan fingerprint density at radius 3 is 2.40 bits per heavy atom. The Hall–Kier alpha value is -4.33. The Morgan fingerprint density at radius 1 is 0.971 bits per heavy atom. The lowest BCUT2D eigenvalue weighted by atomic mass is 10.1. The van der Waals surface area contributed by atoms with Crippen LogP contribution in [-0.4, -0.2) is 22.1 Å². The van der Waals surface area contributed by atoms with Crippen LogP contribution >= 0.6 is 0 Å². The monoisotopic (exact) mass is 471 g/mol. The molecule has 0 aliphatic heterocycles. The second-order valence-corrected chi connectivity index (χ2v) is 8.44. The summed E-state index contributed by atoms with van der Waals surface area (Å²) in [4.78, 5) is 17.3. The van der Waals surface area contributed by atoms with Crippen molar-refractivity contribution in [3.05, 3.63) is 107 Å². The predicted molar refractivity (Wildman–Crippen MR) is 131 cm³/mol. The van der Waals surface area contributed by atoms with E-state index in [0.717, 1.165) is 11.1 Å². The van der Waals surface area contributed by atoms with Crippen LogP contribution in [0.3, 0.4) is 0 Å². The molecule has 0 unspecified atom stereocenters. The molecule has 1 saturated carbocycles. The minimum absolute atomic E-state index is 0.202. The molecule has 1 aromatic heterocycles. The maximum absolute atomic E-state index is 13.3. The maximum Gasteiger partial charge on any atom is 0.257 e. The van der Waals surface area contributed by atoms with Gasteiger partial charge in [0.05, 0.1) is 12.2 Å². The van der Waals surface area contributed by atoms with Crippen molar-refractivity contribution in [2.45, 2.75) is 25.3 Å². The van der Waals surface area contributed by atoms with E-state index in [2.05, 4.69) is 38.0 Å². The number of aromatic nitrogens is 2. The topological polar surface area (TPSA) is 82.2 Å². The molecule has 3 aromatic carbocycles. The first-order valence-corrected chi connectivity index (χ1v) is 11.3. The smallest absolute Gasteiger partial charge is 0.257 e. The van der Waals surface area contributed by atoms with E-state index >= 15 is 0 Å². The van der Waals surface area contributed by atoms with Gasteiger partial charge >= 0.3 is 0 Å². The number of halogens is 2. The van der Waals surface area contributed by atoms with Gasteiger partial charge in [0.15, 0.2) is 5.82 Å². The minimum atomic E-state index is -0.433. The summed E-state index contributed by atoms with van der Waals surface area (Å²) < 4.78 is 26.5. The van der Waals surface area contributed by atoms with Crippen molar-refractivity contribution in [1.29, 1.82) is 0 Å². The predicted octanol–water partition coefficient (Wildman–Crippen LogP) is 5.63. The van der Waals surface area contributed by atoms with Gasteiger partial charge in [-0.05, 0) is 84.0 Å². The second-order valence-electron chi connectivity index (χ2n) is 8.44. The number of carbonyl (C=O) groups is 1. The molecule has 0 bridgehead atoms. The van der Waals surface area contributed by atoms with Crippen LogP contribution in [0.4, 0.5) is 14.6 Å². The van der Waals surface area contributed by atoms with E-state index in [1.807, 2.05) is 12.1 Å². The van der Waals surface area contributed by atoms with Crippen molar-refractivity contribution in [3.63, 3.8) is 0 Å². The average molecular weight is 472 g/mol. The number of carbonyl (C=O) groups excluding carboxylic acids is 1. The molecule has 8 heteroatoms. The zero-order valence-corrected chi connectivity index (χ0v) is 18.8. The summed E-state index contributed by atoms with van der Waals surface area (Å²) in [6.45, 7) is 0.349. The number of aromatic amines is 1. The first-order valence-electron chi connectivity index (χ1n) is 11.3. The molecule has 6 nitrogen and oxygen atoms in total. The molecule has 0 atom stereocenters. The summed E-state index contributed by atoms with van der Waals surface area (Å²) in [5.41, 5.74) is 4.06. The van der Waals surface area contributed by atoms with Crippen LogP contribution in [-0.2, 0) is 6.54 Å². The first kappa shape index (κ1) is 22.5. The van der Waals surface area contributed by atoms with Gasteiger partial charge in [0.25, 0.3) is 5.91 Å². The van der Waals surface area contributed by atoms with Crippen molar-refractivity contribution in [2.75, 3.05) is 5.32 Å². The normalized spacial score (nSPS) is 13.5. The molecule has 4 aromatic rings. The number of H-pyrrole nitrogens is 1. The third-order valence-corrected chi connectivity index (χ3v) is 5.74.